The Kier molecular flexibility index (Phi) is 4.99. The fourth-order valence-corrected chi connectivity index (χ4v) is 3.04. The molecule has 0 aliphatic heterocycles. The largest absolute Gasteiger partial charge is 0.383 e. The van der Waals surface area contributed by atoms with Gasteiger partial charge in [0.05, 0.1) is 24.0 Å². The Labute approximate surface area is 152 Å². The maximum Gasteiger partial charge on any atom is 0.271 e. The summed E-state index contributed by atoms with van der Waals surface area (Å²) < 4.78 is 8.73. The lowest BCUT2D eigenvalue weighted by Gasteiger charge is -2.18. The Bertz CT molecular complexity index is 987. The number of nitrogens with zero attached hydrogens (tertiary/aromatic N) is 4. The number of fused-ring (bicyclic) bond motifs is 1. The van der Waals surface area contributed by atoms with Crippen molar-refractivity contribution in [2.45, 2.75) is 13.5 Å². The molecule has 0 unspecified atom stereocenters. The number of methoxy groups -OCH3 is 1. The van der Waals surface area contributed by atoms with Gasteiger partial charge in [0.2, 0.25) is 0 Å². The maximum absolute atomic E-state index is 12.1. The summed E-state index contributed by atoms with van der Waals surface area (Å²) in [6.45, 7) is 3.23. The molecule has 3 aromatic rings. The first kappa shape index (κ1) is 18.0. The highest BCUT2D eigenvalue weighted by Gasteiger charge is 2.12. The van der Waals surface area contributed by atoms with Crippen LogP contribution in [-0.4, -0.2) is 42.2 Å². The minimum absolute atomic E-state index is 0.104. The molecule has 0 radical (unpaired) electrons. The molecular weight excluding hydrogens is 330 g/mol. The van der Waals surface area contributed by atoms with E-state index >= 15 is 0 Å². The van der Waals surface area contributed by atoms with Gasteiger partial charge in [-0.25, -0.2) is 4.68 Å². The predicted octanol–water partition coefficient (Wildman–Crippen LogP) is 2.50. The lowest BCUT2D eigenvalue weighted by Crippen LogP contribution is -2.22. The third-order valence-electron chi connectivity index (χ3n) is 4.54. The highest BCUT2D eigenvalue weighted by molar-refractivity contribution is 5.96. The minimum Gasteiger partial charge on any atom is -0.383 e. The zero-order valence-electron chi connectivity index (χ0n) is 15.9. The molecule has 0 saturated carbocycles. The molecule has 1 aromatic carbocycles. The van der Waals surface area contributed by atoms with E-state index in [0.29, 0.717) is 17.9 Å². The number of hydrogen-bond acceptors (Lipinski definition) is 5. The van der Waals surface area contributed by atoms with Crippen LogP contribution < -0.4 is 15.8 Å². The second-order valence-electron chi connectivity index (χ2n) is 6.56. The molecule has 0 aliphatic carbocycles. The molecule has 2 heterocycles. The van der Waals surface area contributed by atoms with E-state index in [1.165, 1.54) is 10.1 Å². The molecule has 0 spiro atoms. The molecule has 3 rings (SSSR count). The molecule has 1 N–H and O–H groups in total. The Morgan fingerprint density at radius 3 is 2.77 bits per heavy atom. The fourth-order valence-electron chi connectivity index (χ4n) is 3.04. The van der Waals surface area contributed by atoms with Crippen LogP contribution in [0, 0.1) is 6.92 Å². The number of hydrogen-bond donors (Lipinski definition) is 1. The lowest BCUT2D eigenvalue weighted by molar-refractivity contribution is 0.188. The number of anilines is 3. The number of rotatable bonds is 6. The van der Waals surface area contributed by atoms with Crippen LogP contribution in [-0.2, 0) is 18.3 Å². The van der Waals surface area contributed by atoms with Crippen molar-refractivity contribution in [3.05, 3.63) is 46.5 Å². The average Bonchev–Trinajstić information content (AvgIpc) is 3.02. The van der Waals surface area contributed by atoms with Gasteiger partial charge in [-0.2, -0.15) is 5.10 Å². The van der Waals surface area contributed by atoms with Crippen molar-refractivity contribution in [3.63, 3.8) is 0 Å². The van der Waals surface area contributed by atoms with Crippen molar-refractivity contribution in [2.75, 3.05) is 38.0 Å². The van der Waals surface area contributed by atoms with Crippen LogP contribution in [0.1, 0.15) is 5.56 Å². The molecule has 0 atom stereocenters. The third kappa shape index (κ3) is 3.30. The van der Waals surface area contributed by atoms with Gasteiger partial charge in [-0.15, -0.1) is 0 Å². The summed E-state index contributed by atoms with van der Waals surface area (Å²) in [5.74, 6) is 0. The van der Waals surface area contributed by atoms with Gasteiger partial charge < -0.3 is 19.5 Å². The SMILES string of the molecule is COCCn1ccc2c(N(C)C)cc(Nc3cnn(C)c(=O)c3C)cc21. The van der Waals surface area contributed by atoms with Gasteiger partial charge in [0.25, 0.3) is 5.56 Å². The van der Waals surface area contributed by atoms with Crippen molar-refractivity contribution < 1.29 is 4.74 Å². The van der Waals surface area contributed by atoms with E-state index in [2.05, 4.69) is 44.3 Å². The molecular formula is C19H25N5O2. The van der Waals surface area contributed by atoms with E-state index in [1.54, 1.807) is 27.3 Å². The molecule has 7 nitrogen and oxygen atoms in total. The van der Waals surface area contributed by atoms with Crippen LogP contribution in [0.2, 0.25) is 0 Å². The fraction of sp³-hybridized carbons (Fsp3) is 0.368. The van der Waals surface area contributed by atoms with Crippen LogP contribution in [0.4, 0.5) is 17.1 Å². The van der Waals surface area contributed by atoms with E-state index in [9.17, 15) is 4.79 Å². The number of ether oxygens (including phenoxy) is 1. The van der Waals surface area contributed by atoms with Gasteiger partial charge in [0.1, 0.15) is 0 Å². The van der Waals surface area contributed by atoms with Crippen molar-refractivity contribution in [3.8, 4) is 0 Å². The molecule has 7 heteroatoms. The third-order valence-corrected chi connectivity index (χ3v) is 4.54. The van der Waals surface area contributed by atoms with Crippen molar-refractivity contribution >= 4 is 28.0 Å². The summed E-state index contributed by atoms with van der Waals surface area (Å²) in [4.78, 5) is 14.2. The van der Waals surface area contributed by atoms with E-state index < -0.39 is 0 Å². The Hall–Kier alpha value is -2.80. The maximum atomic E-state index is 12.1. The number of nitrogens with one attached hydrogen (secondary N) is 1. The Morgan fingerprint density at radius 1 is 1.31 bits per heavy atom. The van der Waals surface area contributed by atoms with Gasteiger partial charge in [-0.05, 0) is 25.1 Å². The van der Waals surface area contributed by atoms with E-state index in [4.69, 9.17) is 4.74 Å². The first-order valence-electron chi connectivity index (χ1n) is 8.51. The predicted molar refractivity (Wildman–Crippen MR) is 106 cm³/mol. The van der Waals surface area contributed by atoms with E-state index in [1.807, 2.05) is 14.1 Å². The van der Waals surface area contributed by atoms with Crippen LogP contribution in [0.15, 0.2) is 35.4 Å². The second kappa shape index (κ2) is 7.21. The molecule has 0 amide bonds. The van der Waals surface area contributed by atoms with E-state index in [0.717, 1.165) is 23.4 Å². The average molecular weight is 355 g/mol. The summed E-state index contributed by atoms with van der Waals surface area (Å²) >= 11 is 0. The number of benzene rings is 1. The van der Waals surface area contributed by atoms with Gasteiger partial charge in [0.15, 0.2) is 0 Å². The second-order valence-corrected chi connectivity index (χ2v) is 6.56. The first-order chi connectivity index (χ1) is 12.4. The molecule has 26 heavy (non-hydrogen) atoms. The van der Waals surface area contributed by atoms with Gasteiger partial charge in [-0.1, -0.05) is 0 Å². The monoisotopic (exact) mass is 355 g/mol. The normalized spacial score (nSPS) is 11.1. The molecule has 0 aliphatic rings. The molecule has 2 aromatic heterocycles. The van der Waals surface area contributed by atoms with Crippen LogP contribution in [0.25, 0.3) is 10.9 Å². The van der Waals surface area contributed by atoms with Crippen LogP contribution in [0.5, 0.6) is 0 Å². The highest BCUT2D eigenvalue weighted by atomic mass is 16.5. The van der Waals surface area contributed by atoms with Gasteiger partial charge >= 0.3 is 0 Å². The quantitative estimate of drug-likeness (QED) is 0.736. The van der Waals surface area contributed by atoms with Crippen molar-refractivity contribution in [1.29, 1.82) is 0 Å². The van der Waals surface area contributed by atoms with Crippen LogP contribution in [0.3, 0.4) is 0 Å². The number of aryl methyl sites for hydroxylation is 1. The van der Waals surface area contributed by atoms with Gasteiger partial charge in [-0.3, -0.25) is 4.79 Å². The van der Waals surface area contributed by atoms with E-state index in [-0.39, 0.29) is 5.56 Å². The summed E-state index contributed by atoms with van der Waals surface area (Å²) in [5, 5.41) is 8.64. The summed E-state index contributed by atoms with van der Waals surface area (Å²) in [7, 11) is 7.40. The molecule has 138 valence electrons. The van der Waals surface area contributed by atoms with Crippen LogP contribution >= 0.6 is 0 Å². The smallest absolute Gasteiger partial charge is 0.271 e. The van der Waals surface area contributed by atoms with Crippen molar-refractivity contribution in [1.82, 2.24) is 14.3 Å². The lowest BCUT2D eigenvalue weighted by atomic mass is 10.1. The Morgan fingerprint density at radius 2 is 2.08 bits per heavy atom. The first-order valence-corrected chi connectivity index (χ1v) is 8.51. The van der Waals surface area contributed by atoms with Gasteiger partial charge in [0, 0.05) is 63.3 Å². The molecule has 0 fully saturated rings. The summed E-state index contributed by atoms with van der Waals surface area (Å²) in [6, 6.07) is 6.30. The topological polar surface area (TPSA) is 64.3 Å². The Balaban J connectivity index is 2.08. The zero-order chi connectivity index (χ0) is 18.8. The highest BCUT2D eigenvalue weighted by Crippen LogP contribution is 2.32. The summed E-state index contributed by atoms with van der Waals surface area (Å²) in [5.41, 5.74) is 4.39. The summed E-state index contributed by atoms with van der Waals surface area (Å²) in [6.07, 6.45) is 3.76. The molecule has 0 saturated heterocycles. The minimum atomic E-state index is -0.104. The van der Waals surface area contributed by atoms with Crippen molar-refractivity contribution in [2.24, 2.45) is 7.05 Å². The zero-order valence-corrected chi connectivity index (χ0v) is 15.9. The molecule has 0 bridgehead atoms. The standard InChI is InChI=1S/C19H25N5O2/c1-13-16(12-20-23(4)19(13)25)21-14-10-17(22(2)3)15-6-7-24(8-9-26-5)18(15)11-14/h6-7,10-12,21H,8-9H2,1-5H3. The number of aromatic nitrogens is 3.